The molecule has 3 aromatic rings. The zero-order valence-electron chi connectivity index (χ0n) is 12.9. The first-order valence-electron chi connectivity index (χ1n) is 7.56. The Morgan fingerprint density at radius 3 is 2.73 bits per heavy atom. The van der Waals surface area contributed by atoms with Crippen LogP contribution in [0.2, 0.25) is 0 Å². The van der Waals surface area contributed by atoms with Crippen molar-refractivity contribution in [2.24, 2.45) is 5.73 Å². The van der Waals surface area contributed by atoms with E-state index in [4.69, 9.17) is 10.7 Å². The molecule has 0 aliphatic rings. The zero-order valence-corrected chi connectivity index (χ0v) is 12.9. The van der Waals surface area contributed by atoms with Gasteiger partial charge in [-0.25, -0.2) is 4.98 Å². The molecule has 0 bridgehead atoms. The fourth-order valence-corrected chi connectivity index (χ4v) is 2.82. The summed E-state index contributed by atoms with van der Waals surface area (Å²) >= 11 is 0. The predicted octanol–water partition coefficient (Wildman–Crippen LogP) is 3.77. The molecule has 2 N–H and O–H groups in total. The number of hydrogen-bond donors (Lipinski definition) is 1. The van der Waals surface area contributed by atoms with Gasteiger partial charge < -0.3 is 10.3 Å². The highest BCUT2D eigenvalue weighted by molar-refractivity contribution is 5.77. The van der Waals surface area contributed by atoms with E-state index in [1.165, 1.54) is 11.1 Å². The van der Waals surface area contributed by atoms with Crippen LogP contribution in [0.5, 0.6) is 0 Å². The molecular formula is C19H21N3. The minimum atomic E-state index is -0.130. The summed E-state index contributed by atoms with van der Waals surface area (Å²) in [7, 11) is 0. The number of allylic oxidation sites excluding steroid dienone is 1. The lowest BCUT2D eigenvalue weighted by molar-refractivity contribution is 0.623. The summed E-state index contributed by atoms with van der Waals surface area (Å²) in [5.41, 5.74) is 11.0. The minimum absolute atomic E-state index is 0.130. The third kappa shape index (κ3) is 2.81. The van der Waals surface area contributed by atoms with E-state index in [2.05, 4.69) is 48.4 Å². The Hall–Kier alpha value is -2.39. The minimum Gasteiger partial charge on any atom is -0.323 e. The van der Waals surface area contributed by atoms with Gasteiger partial charge in [0, 0.05) is 6.54 Å². The van der Waals surface area contributed by atoms with E-state index in [9.17, 15) is 0 Å². The van der Waals surface area contributed by atoms with Crippen LogP contribution < -0.4 is 5.73 Å². The summed E-state index contributed by atoms with van der Waals surface area (Å²) in [5.74, 6) is 0.921. The van der Waals surface area contributed by atoms with Gasteiger partial charge >= 0.3 is 0 Å². The SMILES string of the molecule is C=CCn1c(C(N)Cc2ccccc2)nc2cc(C)ccc21. The first kappa shape index (κ1) is 14.5. The predicted molar refractivity (Wildman–Crippen MR) is 91.7 cm³/mol. The summed E-state index contributed by atoms with van der Waals surface area (Å²) < 4.78 is 2.16. The van der Waals surface area contributed by atoms with E-state index in [0.717, 1.165) is 29.8 Å². The molecule has 0 amide bonds. The average Bonchev–Trinajstić information content (AvgIpc) is 2.87. The number of hydrogen-bond acceptors (Lipinski definition) is 2. The molecule has 1 unspecified atom stereocenters. The van der Waals surface area contributed by atoms with Crippen molar-refractivity contribution in [2.45, 2.75) is 25.9 Å². The number of aromatic nitrogens is 2. The Balaban J connectivity index is 2.01. The molecule has 1 aromatic heterocycles. The van der Waals surface area contributed by atoms with Gasteiger partial charge in [-0.3, -0.25) is 0 Å². The van der Waals surface area contributed by atoms with Crippen molar-refractivity contribution < 1.29 is 0 Å². The van der Waals surface area contributed by atoms with Crippen molar-refractivity contribution in [3.63, 3.8) is 0 Å². The van der Waals surface area contributed by atoms with Crippen molar-refractivity contribution in [1.29, 1.82) is 0 Å². The Morgan fingerprint density at radius 1 is 1.23 bits per heavy atom. The van der Waals surface area contributed by atoms with Crippen molar-refractivity contribution in [2.75, 3.05) is 0 Å². The van der Waals surface area contributed by atoms with Crippen LogP contribution in [0.4, 0.5) is 0 Å². The Morgan fingerprint density at radius 2 is 2.00 bits per heavy atom. The third-order valence-corrected chi connectivity index (χ3v) is 3.88. The number of fused-ring (bicyclic) bond motifs is 1. The molecule has 0 aliphatic carbocycles. The van der Waals surface area contributed by atoms with E-state index in [1.807, 2.05) is 24.3 Å². The molecule has 0 saturated heterocycles. The van der Waals surface area contributed by atoms with Crippen molar-refractivity contribution in [1.82, 2.24) is 9.55 Å². The average molecular weight is 291 g/mol. The second-order valence-corrected chi connectivity index (χ2v) is 5.66. The highest BCUT2D eigenvalue weighted by Gasteiger charge is 2.17. The van der Waals surface area contributed by atoms with Crippen molar-refractivity contribution in [3.8, 4) is 0 Å². The molecule has 1 heterocycles. The Bertz CT molecular complexity index is 787. The molecule has 0 aliphatic heterocycles. The second-order valence-electron chi connectivity index (χ2n) is 5.66. The highest BCUT2D eigenvalue weighted by atomic mass is 15.1. The van der Waals surface area contributed by atoms with Gasteiger partial charge in [0.05, 0.1) is 17.1 Å². The third-order valence-electron chi connectivity index (χ3n) is 3.88. The lowest BCUT2D eigenvalue weighted by atomic mass is 10.1. The van der Waals surface area contributed by atoms with Gasteiger partial charge in [0.2, 0.25) is 0 Å². The van der Waals surface area contributed by atoms with Crippen LogP contribution in [-0.2, 0) is 13.0 Å². The maximum Gasteiger partial charge on any atom is 0.127 e. The number of aryl methyl sites for hydroxylation is 1. The Labute approximate surface area is 131 Å². The molecule has 2 aromatic carbocycles. The number of benzene rings is 2. The monoisotopic (exact) mass is 291 g/mol. The number of nitrogens with zero attached hydrogens (tertiary/aromatic N) is 2. The summed E-state index contributed by atoms with van der Waals surface area (Å²) in [6.45, 7) is 6.65. The summed E-state index contributed by atoms with van der Waals surface area (Å²) in [6, 6.07) is 16.5. The molecule has 1 atom stereocenters. The number of imidazole rings is 1. The standard InChI is InChI=1S/C19H21N3/c1-3-11-22-18-10-9-14(2)12-17(18)21-19(22)16(20)13-15-7-5-4-6-8-15/h3-10,12,16H,1,11,13,20H2,2H3. The lowest BCUT2D eigenvalue weighted by Gasteiger charge is -2.13. The normalized spacial score (nSPS) is 12.5. The molecule has 112 valence electrons. The molecule has 3 nitrogen and oxygen atoms in total. The van der Waals surface area contributed by atoms with Gasteiger partial charge in [-0.05, 0) is 36.6 Å². The maximum absolute atomic E-state index is 6.44. The Kier molecular flexibility index (Phi) is 4.07. The molecule has 3 heteroatoms. The fraction of sp³-hybridized carbons (Fsp3) is 0.211. The van der Waals surface area contributed by atoms with Gasteiger partial charge in [-0.2, -0.15) is 0 Å². The number of nitrogens with two attached hydrogens (primary N) is 1. The second kappa shape index (κ2) is 6.16. The van der Waals surface area contributed by atoms with Crippen molar-refractivity contribution in [3.05, 3.63) is 78.1 Å². The van der Waals surface area contributed by atoms with Gasteiger partial charge in [-0.15, -0.1) is 6.58 Å². The molecule has 22 heavy (non-hydrogen) atoms. The topological polar surface area (TPSA) is 43.8 Å². The smallest absolute Gasteiger partial charge is 0.127 e. The molecule has 3 rings (SSSR count). The first-order valence-corrected chi connectivity index (χ1v) is 7.56. The molecule has 0 radical (unpaired) electrons. The van der Waals surface area contributed by atoms with Crippen LogP contribution in [0.25, 0.3) is 11.0 Å². The molecular weight excluding hydrogens is 270 g/mol. The van der Waals surface area contributed by atoms with Gasteiger partial charge in [0.1, 0.15) is 5.82 Å². The number of rotatable bonds is 5. The van der Waals surface area contributed by atoms with Crippen molar-refractivity contribution >= 4 is 11.0 Å². The molecule has 0 saturated carbocycles. The van der Waals surface area contributed by atoms with Gasteiger partial charge in [0.15, 0.2) is 0 Å². The lowest BCUT2D eigenvalue weighted by Crippen LogP contribution is -2.19. The maximum atomic E-state index is 6.44. The largest absolute Gasteiger partial charge is 0.323 e. The van der Waals surface area contributed by atoms with Crippen LogP contribution in [-0.4, -0.2) is 9.55 Å². The molecule has 0 fully saturated rings. The van der Waals surface area contributed by atoms with Gasteiger partial charge in [-0.1, -0.05) is 42.5 Å². The van der Waals surface area contributed by atoms with E-state index in [1.54, 1.807) is 0 Å². The quantitative estimate of drug-likeness (QED) is 0.727. The highest BCUT2D eigenvalue weighted by Crippen LogP contribution is 2.23. The van der Waals surface area contributed by atoms with Crippen LogP contribution in [0.1, 0.15) is 23.0 Å². The first-order chi connectivity index (χ1) is 10.7. The van der Waals surface area contributed by atoms with Crippen LogP contribution in [0, 0.1) is 6.92 Å². The summed E-state index contributed by atoms with van der Waals surface area (Å²) in [5, 5.41) is 0. The van der Waals surface area contributed by atoms with E-state index >= 15 is 0 Å². The summed E-state index contributed by atoms with van der Waals surface area (Å²) in [6.07, 6.45) is 2.67. The van der Waals surface area contributed by atoms with Crippen LogP contribution >= 0.6 is 0 Å². The fourth-order valence-electron chi connectivity index (χ4n) is 2.82. The van der Waals surface area contributed by atoms with E-state index < -0.39 is 0 Å². The van der Waals surface area contributed by atoms with Crippen LogP contribution in [0.15, 0.2) is 61.2 Å². The summed E-state index contributed by atoms with van der Waals surface area (Å²) in [4.78, 5) is 4.78. The zero-order chi connectivity index (χ0) is 15.5. The molecule has 0 spiro atoms. The van der Waals surface area contributed by atoms with E-state index in [-0.39, 0.29) is 6.04 Å². The van der Waals surface area contributed by atoms with Gasteiger partial charge in [0.25, 0.3) is 0 Å². The van der Waals surface area contributed by atoms with E-state index in [0.29, 0.717) is 0 Å². The van der Waals surface area contributed by atoms with Crippen LogP contribution in [0.3, 0.4) is 0 Å².